The fourth-order valence-corrected chi connectivity index (χ4v) is 1.05. The molecular formula is C6H12BIO2. The normalized spacial score (nSPS) is 38.7. The molecule has 1 fully saturated rings. The Bertz CT molecular complexity index is 147. The molecule has 1 aliphatic rings. The van der Waals surface area contributed by atoms with Gasteiger partial charge in [-0.15, -0.1) is 0 Å². The van der Waals surface area contributed by atoms with Crippen molar-refractivity contribution in [2.24, 2.45) is 0 Å². The number of rotatable bonds is 0. The van der Waals surface area contributed by atoms with Crippen LogP contribution in [-0.2, 0) is 9.69 Å². The van der Waals surface area contributed by atoms with E-state index in [4.69, 9.17) is 9.69 Å². The standard InChI is InChI=1S/C6H12BIO2/c1-5(2)6(3,8)7(4)10-9-5/h1-4H3. The van der Waals surface area contributed by atoms with Crippen LogP contribution in [0.25, 0.3) is 0 Å². The lowest BCUT2D eigenvalue weighted by molar-refractivity contribution is -0.257. The minimum absolute atomic E-state index is 0.0742. The summed E-state index contributed by atoms with van der Waals surface area (Å²) in [4.78, 5) is 10.2. The summed E-state index contributed by atoms with van der Waals surface area (Å²) in [6.07, 6.45) is 0. The summed E-state index contributed by atoms with van der Waals surface area (Å²) in [5.74, 6) is 0. The van der Waals surface area contributed by atoms with Gasteiger partial charge in [-0.05, 0) is 13.8 Å². The topological polar surface area (TPSA) is 18.5 Å². The van der Waals surface area contributed by atoms with E-state index in [1.165, 1.54) is 0 Å². The Morgan fingerprint density at radius 1 is 1.30 bits per heavy atom. The van der Waals surface area contributed by atoms with E-state index in [0.717, 1.165) is 0 Å². The second kappa shape index (κ2) is 2.35. The lowest BCUT2D eigenvalue weighted by Gasteiger charge is -2.28. The number of hydrogen-bond acceptors (Lipinski definition) is 2. The largest absolute Gasteiger partial charge is 0.356 e. The molecule has 0 radical (unpaired) electrons. The molecule has 0 saturated carbocycles. The molecule has 0 aromatic carbocycles. The molecule has 0 aromatic rings. The lowest BCUT2D eigenvalue weighted by atomic mass is 9.55. The third-order valence-corrected chi connectivity index (χ3v) is 4.52. The van der Waals surface area contributed by atoms with Gasteiger partial charge in [0.25, 0.3) is 0 Å². The van der Waals surface area contributed by atoms with Crippen molar-refractivity contribution >= 4 is 29.5 Å². The van der Waals surface area contributed by atoms with Gasteiger partial charge in [0.1, 0.15) is 5.60 Å². The van der Waals surface area contributed by atoms with E-state index in [-0.39, 0.29) is 15.8 Å². The van der Waals surface area contributed by atoms with Crippen LogP contribution in [0.1, 0.15) is 20.8 Å². The first-order valence-corrected chi connectivity index (χ1v) is 4.49. The molecule has 1 heterocycles. The van der Waals surface area contributed by atoms with Crippen LogP contribution in [0.5, 0.6) is 0 Å². The van der Waals surface area contributed by atoms with Crippen molar-refractivity contribution in [1.82, 2.24) is 0 Å². The van der Waals surface area contributed by atoms with Gasteiger partial charge >= 0.3 is 6.92 Å². The molecular weight excluding hydrogens is 242 g/mol. The van der Waals surface area contributed by atoms with Crippen molar-refractivity contribution in [3.05, 3.63) is 0 Å². The van der Waals surface area contributed by atoms with E-state index in [1.54, 1.807) is 0 Å². The zero-order chi connectivity index (χ0) is 7.99. The third-order valence-electron chi connectivity index (χ3n) is 2.34. The van der Waals surface area contributed by atoms with Gasteiger partial charge < -0.3 is 4.81 Å². The molecule has 1 saturated heterocycles. The molecule has 0 aromatic heterocycles. The van der Waals surface area contributed by atoms with E-state index in [1.807, 2.05) is 20.7 Å². The van der Waals surface area contributed by atoms with Crippen LogP contribution in [0.4, 0.5) is 0 Å². The summed E-state index contributed by atoms with van der Waals surface area (Å²) < 4.78 is 0.0742. The molecule has 0 bridgehead atoms. The highest BCUT2D eigenvalue weighted by Gasteiger charge is 2.54. The van der Waals surface area contributed by atoms with Crippen molar-refractivity contribution in [3.63, 3.8) is 0 Å². The van der Waals surface area contributed by atoms with Gasteiger partial charge in [-0.2, -0.15) is 0 Å². The summed E-state index contributed by atoms with van der Waals surface area (Å²) in [5, 5.41) is 0. The molecule has 10 heavy (non-hydrogen) atoms. The molecule has 58 valence electrons. The van der Waals surface area contributed by atoms with E-state index >= 15 is 0 Å². The maximum absolute atomic E-state index is 5.16. The predicted octanol–water partition coefficient (Wildman–Crippen LogP) is 2.08. The molecule has 1 rings (SSSR count). The molecule has 4 heteroatoms. The van der Waals surface area contributed by atoms with Crippen molar-refractivity contribution in [2.75, 3.05) is 0 Å². The van der Waals surface area contributed by atoms with E-state index in [2.05, 4.69) is 29.5 Å². The van der Waals surface area contributed by atoms with Gasteiger partial charge in [0.2, 0.25) is 0 Å². The second-order valence-electron chi connectivity index (χ2n) is 3.41. The maximum Gasteiger partial charge on any atom is 0.356 e. The summed E-state index contributed by atoms with van der Waals surface area (Å²) in [6.45, 7) is 8.43. The van der Waals surface area contributed by atoms with Gasteiger partial charge in [-0.1, -0.05) is 36.3 Å². The molecule has 0 spiro atoms. The summed E-state index contributed by atoms with van der Waals surface area (Å²) in [5.41, 5.74) is -0.174. The predicted molar refractivity (Wildman–Crippen MR) is 50.3 cm³/mol. The Morgan fingerprint density at radius 2 is 1.80 bits per heavy atom. The monoisotopic (exact) mass is 254 g/mol. The van der Waals surface area contributed by atoms with Crippen LogP contribution in [0.3, 0.4) is 0 Å². The molecule has 0 amide bonds. The van der Waals surface area contributed by atoms with E-state index in [0.29, 0.717) is 0 Å². The summed E-state index contributed by atoms with van der Waals surface area (Å²) in [7, 11) is 0. The van der Waals surface area contributed by atoms with Crippen LogP contribution in [0, 0.1) is 0 Å². The SMILES string of the molecule is CB1OOC(C)(C)C1(C)I. The van der Waals surface area contributed by atoms with Crippen molar-refractivity contribution in [2.45, 2.75) is 36.5 Å². The fourth-order valence-electron chi connectivity index (χ4n) is 0.854. The summed E-state index contributed by atoms with van der Waals surface area (Å²) in [6, 6.07) is 0. The van der Waals surface area contributed by atoms with Crippen LogP contribution >= 0.6 is 22.6 Å². The highest BCUT2D eigenvalue weighted by Crippen LogP contribution is 2.42. The second-order valence-corrected chi connectivity index (χ2v) is 5.65. The first kappa shape index (κ1) is 8.81. The summed E-state index contributed by atoms with van der Waals surface area (Å²) >= 11 is 2.38. The Morgan fingerprint density at radius 3 is 1.90 bits per heavy atom. The molecule has 1 atom stereocenters. The average molecular weight is 254 g/mol. The van der Waals surface area contributed by atoms with Gasteiger partial charge in [0.15, 0.2) is 0 Å². The Labute approximate surface area is 75.8 Å². The first-order chi connectivity index (χ1) is 4.38. The number of halogens is 1. The zero-order valence-electron chi connectivity index (χ0n) is 6.77. The number of hydrogen-bond donors (Lipinski definition) is 0. The highest BCUT2D eigenvalue weighted by atomic mass is 127. The van der Waals surface area contributed by atoms with Gasteiger partial charge in [0.05, 0.1) is 3.32 Å². The van der Waals surface area contributed by atoms with Crippen LogP contribution < -0.4 is 0 Å². The van der Waals surface area contributed by atoms with Crippen LogP contribution in [0.15, 0.2) is 0 Å². The smallest absolute Gasteiger partial charge is 0.303 e. The zero-order valence-corrected chi connectivity index (χ0v) is 8.93. The van der Waals surface area contributed by atoms with Crippen molar-refractivity contribution in [1.29, 1.82) is 0 Å². The first-order valence-electron chi connectivity index (χ1n) is 3.41. The van der Waals surface area contributed by atoms with E-state index < -0.39 is 0 Å². The molecule has 2 nitrogen and oxygen atoms in total. The molecule has 0 N–H and O–H groups in total. The van der Waals surface area contributed by atoms with Crippen molar-refractivity contribution in [3.8, 4) is 0 Å². The molecule has 0 aliphatic carbocycles. The quantitative estimate of drug-likeness (QED) is 0.285. The van der Waals surface area contributed by atoms with Gasteiger partial charge in [-0.25, -0.2) is 4.89 Å². The third kappa shape index (κ3) is 1.10. The van der Waals surface area contributed by atoms with Gasteiger partial charge in [-0.3, -0.25) is 0 Å². The Kier molecular flexibility index (Phi) is 2.07. The van der Waals surface area contributed by atoms with E-state index in [9.17, 15) is 0 Å². The average Bonchev–Trinajstić information content (AvgIpc) is 1.94. The maximum atomic E-state index is 5.16. The molecule has 1 unspecified atom stereocenters. The minimum atomic E-state index is -0.174. The van der Waals surface area contributed by atoms with Crippen LogP contribution in [0.2, 0.25) is 6.82 Å². The lowest BCUT2D eigenvalue weighted by Crippen LogP contribution is -2.45. The highest BCUT2D eigenvalue weighted by molar-refractivity contribution is 14.1. The Hall–Kier alpha value is 0.715. The fraction of sp³-hybridized carbons (Fsp3) is 1.00. The number of alkyl halides is 1. The minimum Gasteiger partial charge on any atom is -0.303 e. The van der Waals surface area contributed by atoms with Crippen LogP contribution in [-0.4, -0.2) is 15.8 Å². The Balaban J connectivity index is 2.84. The van der Waals surface area contributed by atoms with Crippen molar-refractivity contribution < 1.29 is 9.69 Å². The molecule has 1 aliphatic heterocycles. The van der Waals surface area contributed by atoms with Gasteiger partial charge in [0, 0.05) is 0 Å².